The van der Waals surface area contributed by atoms with Gasteiger partial charge in [0.05, 0.1) is 0 Å². The lowest BCUT2D eigenvalue weighted by atomic mass is 9.92. The van der Waals surface area contributed by atoms with Crippen molar-refractivity contribution in [3.8, 4) is 55.6 Å². The first-order chi connectivity index (χ1) is 25.1. The van der Waals surface area contributed by atoms with Crippen LogP contribution in [0.3, 0.4) is 0 Å². The molecule has 0 unspecified atom stereocenters. The van der Waals surface area contributed by atoms with Gasteiger partial charge in [-0.3, -0.25) is 0 Å². The van der Waals surface area contributed by atoms with Crippen molar-refractivity contribution in [3.63, 3.8) is 0 Å². The molecule has 244 valence electrons. The zero-order valence-electron chi connectivity index (χ0n) is 28.2. The van der Waals surface area contributed by atoms with Gasteiger partial charge in [-0.1, -0.05) is 140 Å². The van der Waals surface area contributed by atoms with Crippen LogP contribution in [0.5, 0.6) is 0 Å². The number of hydrogen-bond donors (Lipinski definition) is 2. The smallest absolute Gasteiger partial charge is 0.0467 e. The van der Waals surface area contributed by atoms with Crippen LogP contribution in [-0.2, 0) is 0 Å². The summed E-state index contributed by atoms with van der Waals surface area (Å²) in [5.41, 5.74) is 28.4. The molecular weight excluding hydrogens is 619 g/mol. The van der Waals surface area contributed by atoms with Crippen molar-refractivity contribution < 1.29 is 0 Å². The Hall–Kier alpha value is -6.84. The fourth-order valence-electron chi connectivity index (χ4n) is 6.72. The van der Waals surface area contributed by atoms with Crippen molar-refractivity contribution >= 4 is 28.4 Å². The second kappa shape index (κ2) is 13.9. The van der Waals surface area contributed by atoms with E-state index in [1.54, 1.807) is 0 Å². The minimum absolute atomic E-state index is 0.733. The van der Waals surface area contributed by atoms with Gasteiger partial charge in [-0.05, 0) is 116 Å². The van der Waals surface area contributed by atoms with Gasteiger partial charge in [-0.15, -0.1) is 0 Å². The lowest BCUT2D eigenvalue weighted by Crippen LogP contribution is -2.10. The summed E-state index contributed by atoms with van der Waals surface area (Å²) >= 11 is 0. The molecule has 0 fully saturated rings. The van der Waals surface area contributed by atoms with Crippen LogP contribution in [0.25, 0.3) is 55.6 Å². The Balaban J connectivity index is 1.15. The molecule has 3 heteroatoms. The Labute approximate surface area is 299 Å². The molecule has 0 aromatic heterocycles. The molecule has 8 aromatic carbocycles. The van der Waals surface area contributed by atoms with E-state index in [1.807, 2.05) is 24.3 Å². The molecule has 8 aromatic rings. The number of nitrogens with zero attached hydrogens (tertiary/aromatic N) is 1. The third-order valence-corrected chi connectivity index (χ3v) is 9.34. The highest BCUT2D eigenvalue weighted by atomic mass is 15.1. The van der Waals surface area contributed by atoms with Gasteiger partial charge in [0, 0.05) is 28.4 Å². The molecule has 0 saturated heterocycles. The molecule has 0 atom stereocenters. The zero-order chi connectivity index (χ0) is 34.6. The van der Waals surface area contributed by atoms with Crippen LogP contribution in [-0.4, -0.2) is 0 Å². The fourth-order valence-corrected chi connectivity index (χ4v) is 6.72. The number of nitrogens with two attached hydrogens (primary N) is 2. The highest BCUT2D eigenvalue weighted by Crippen LogP contribution is 2.40. The van der Waals surface area contributed by atoms with E-state index < -0.39 is 0 Å². The fraction of sp³-hybridized carbons (Fsp3) is 0. The quantitative estimate of drug-likeness (QED) is 0.160. The van der Waals surface area contributed by atoms with E-state index in [1.165, 1.54) is 22.3 Å². The van der Waals surface area contributed by atoms with Gasteiger partial charge in [0.25, 0.3) is 0 Å². The first-order valence-corrected chi connectivity index (χ1v) is 17.2. The first-order valence-electron chi connectivity index (χ1n) is 17.2. The Morgan fingerprint density at radius 3 is 1.22 bits per heavy atom. The molecule has 51 heavy (non-hydrogen) atoms. The van der Waals surface area contributed by atoms with Gasteiger partial charge in [0.2, 0.25) is 0 Å². The average molecular weight is 656 g/mol. The Kier molecular flexibility index (Phi) is 8.60. The van der Waals surface area contributed by atoms with Crippen molar-refractivity contribution in [1.82, 2.24) is 0 Å². The number of hydrogen-bond acceptors (Lipinski definition) is 3. The zero-order valence-corrected chi connectivity index (χ0v) is 28.2. The third-order valence-electron chi connectivity index (χ3n) is 9.34. The highest BCUT2D eigenvalue weighted by molar-refractivity contribution is 5.87. The van der Waals surface area contributed by atoms with Crippen LogP contribution in [0.4, 0.5) is 28.4 Å². The number of nitrogen functional groups attached to an aromatic ring is 2. The maximum absolute atomic E-state index is 6.26. The lowest BCUT2D eigenvalue weighted by molar-refractivity contribution is 1.28. The van der Waals surface area contributed by atoms with E-state index in [0.29, 0.717) is 0 Å². The molecule has 4 N–H and O–H groups in total. The van der Waals surface area contributed by atoms with Gasteiger partial charge in [0.15, 0.2) is 0 Å². The van der Waals surface area contributed by atoms with Crippen molar-refractivity contribution in [3.05, 3.63) is 200 Å². The minimum atomic E-state index is 0.733. The molecule has 0 aliphatic heterocycles. The van der Waals surface area contributed by atoms with E-state index in [4.69, 9.17) is 11.5 Å². The van der Waals surface area contributed by atoms with Gasteiger partial charge in [-0.2, -0.15) is 0 Å². The van der Waals surface area contributed by atoms with Crippen molar-refractivity contribution in [1.29, 1.82) is 0 Å². The topological polar surface area (TPSA) is 55.3 Å². The summed E-state index contributed by atoms with van der Waals surface area (Å²) in [6, 6.07) is 70.2. The van der Waals surface area contributed by atoms with Crippen molar-refractivity contribution in [2.45, 2.75) is 0 Å². The molecule has 0 spiro atoms. The largest absolute Gasteiger partial charge is 0.399 e. The van der Waals surface area contributed by atoms with Gasteiger partial charge >= 0.3 is 0 Å². The Morgan fingerprint density at radius 2 is 0.667 bits per heavy atom. The monoisotopic (exact) mass is 655 g/mol. The predicted molar refractivity (Wildman–Crippen MR) is 217 cm³/mol. The van der Waals surface area contributed by atoms with Gasteiger partial charge in [0.1, 0.15) is 0 Å². The van der Waals surface area contributed by atoms with E-state index in [0.717, 1.165) is 61.8 Å². The highest BCUT2D eigenvalue weighted by Gasteiger charge is 2.15. The average Bonchev–Trinajstić information content (AvgIpc) is 3.20. The van der Waals surface area contributed by atoms with Crippen LogP contribution in [0.15, 0.2) is 200 Å². The predicted octanol–water partition coefficient (Wildman–Crippen LogP) is 12.7. The molecule has 3 nitrogen and oxygen atoms in total. The van der Waals surface area contributed by atoms with E-state index in [2.05, 4.69) is 181 Å². The molecule has 0 aliphatic carbocycles. The molecule has 0 bridgehead atoms. The first kappa shape index (κ1) is 31.4. The Morgan fingerprint density at radius 1 is 0.255 bits per heavy atom. The SMILES string of the molecule is Nc1ccc(-c2ccc(N)cc2-c2ccc(-c3ccc(N(c4cccc(-c5ccccc5)c4)c4cccc(-c5ccccc5)c4)cc3)cc2)cc1. The van der Waals surface area contributed by atoms with E-state index in [-0.39, 0.29) is 0 Å². The molecule has 8 rings (SSSR count). The molecule has 0 radical (unpaired) electrons. The summed E-state index contributed by atoms with van der Waals surface area (Å²) in [6.07, 6.45) is 0. The number of benzene rings is 8. The third kappa shape index (κ3) is 6.74. The molecular formula is C48H37N3. The number of anilines is 5. The Bertz CT molecular complexity index is 2320. The second-order valence-corrected chi connectivity index (χ2v) is 12.7. The van der Waals surface area contributed by atoms with Crippen LogP contribution in [0.1, 0.15) is 0 Å². The van der Waals surface area contributed by atoms with E-state index in [9.17, 15) is 0 Å². The van der Waals surface area contributed by atoms with Crippen LogP contribution < -0.4 is 16.4 Å². The molecule has 0 aliphatic rings. The van der Waals surface area contributed by atoms with E-state index >= 15 is 0 Å². The van der Waals surface area contributed by atoms with Crippen molar-refractivity contribution in [2.75, 3.05) is 16.4 Å². The maximum Gasteiger partial charge on any atom is 0.0467 e. The summed E-state index contributed by atoms with van der Waals surface area (Å²) in [6.45, 7) is 0. The van der Waals surface area contributed by atoms with Gasteiger partial charge in [-0.25, -0.2) is 0 Å². The molecule has 0 amide bonds. The summed E-state index contributed by atoms with van der Waals surface area (Å²) < 4.78 is 0. The summed E-state index contributed by atoms with van der Waals surface area (Å²) in [7, 11) is 0. The minimum Gasteiger partial charge on any atom is -0.399 e. The summed E-state index contributed by atoms with van der Waals surface area (Å²) in [4.78, 5) is 2.34. The number of rotatable bonds is 8. The molecule has 0 saturated carbocycles. The van der Waals surface area contributed by atoms with Crippen LogP contribution in [0, 0.1) is 0 Å². The van der Waals surface area contributed by atoms with Crippen molar-refractivity contribution in [2.24, 2.45) is 0 Å². The van der Waals surface area contributed by atoms with Crippen LogP contribution in [0.2, 0.25) is 0 Å². The normalized spacial score (nSPS) is 10.9. The molecule has 0 heterocycles. The summed E-state index contributed by atoms with van der Waals surface area (Å²) in [5, 5.41) is 0. The van der Waals surface area contributed by atoms with Gasteiger partial charge < -0.3 is 16.4 Å². The summed E-state index contributed by atoms with van der Waals surface area (Å²) in [5.74, 6) is 0. The second-order valence-electron chi connectivity index (χ2n) is 12.7. The standard InChI is InChI=1S/C48H37N3/c49-42-25-21-38(22-26-42)47-30-27-43(50)33-48(47)39-19-17-36(18-20-39)37-23-28-44(29-24-37)51(45-15-7-13-40(31-45)34-9-3-1-4-10-34)46-16-8-14-41(32-46)35-11-5-2-6-12-35/h1-33H,49-50H2. The lowest BCUT2D eigenvalue weighted by Gasteiger charge is -2.27. The van der Waals surface area contributed by atoms with Crippen LogP contribution >= 0.6 is 0 Å². The maximum atomic E-state index is 6.26.